The van der Waals surface area contributed by atoms with Crippen molar-refractivity contribution in [1.82, 2.24) is 10.6 Å². The zero-order chi connectivity index (χ0) is 24.8. The predicted octanol–water partition coefficient (Wildman–Crippen LogP) is 4.44. The van der Waals surface area contributed by atoms with Crippen LogP contribution in [0.5, 0.6) is 0 Å². The Morgan fingerprint density at radius 2 is 1.74 bits per heavy atom. The second-order valence-electron chi connectivity index (χ2n) is 8.95. The van der Waals surface area contributed by atoms with Gasteiger partial charge in [0.05, 0.1) is 12.8 Å². The summed E-state index contributed by atoms with van der Waals surface area (Å²) >= 11 is 0. The van der Waals surface area contributed by atoms with Gasteiger partial charge in [-0.05, 0) is 63.1 Å². The highest BCUT2D eigenvalue weighted by Crippen LogP contribution is 2.30. The first-order valence-corrected chi connectivity index (χ1v) is 12.0. The number of nitrogens with one attached hydrogen (secondary N) is 2. The van der Waals surface area contributed by atoms with Crippen LogP contribution in [-0.4, -0.2) is 30.3 Å². The first kappa shape index (κ1) is 24.3. The molecule has 184 valence electrons. The van der Waals surface area contributed by atoms with Crippen molar-refractivity contribution in [2.24, 2.45) is 0 Å². The summed E-state index contributed by atoms with van der Waals surface area (Å²) in [4.78, 5) is 41.0. The molecular formula is C27H31N3O5. The van der Waals surface area contributed by atoms with Crippen LogP contribution in [0.25, 0.3) is 0 Å². The summed E-state index contributed by atoms with van der Waals surface area (Å²) in [6.45, 7) is 3.42. The molecule has 0 aliphatic heterocycles. The van der Waals surface area contributed by atoms with Crippen LogP contribution in [0, 0.1) is 13.8 Å². The minimum absolute atomic E-state index is 0.0587. The van der Waals surface area contributed by atoms with Gasteiger partial charge in [-0.2, -0.15) is 0 Å². The molecule has 1 aromatic carbocycles. The summed E-state index contributed by atoms with van der Waals surface area (Å²) in [5, 5.41) is 5.73. The average molecular weight is 478 g/mol. The zero-order valence-corrected chi connectivity index (χ0v) is 20.1. The molecule has 1 aliphatic carbocycles. The molecule has 1 atom stereocenters. The van der Waals surface area contributed by atoms with Gasteiger partial charge in [0, 0.05) is 11.7 Å². The molecule has 4 rings (SSSR count). The number of amides is 3. The van der Waals surface area contributed by atoms with Crippen molar-refractivity contribution in [2.75, 3.05) is 11.4 Å². The van der Waals surface area contributed by atoms with Crippen LogP contribution in [0.3, 0.4) is 0 Å². The van der Waals surface area contributed by atoms with Crippen LogP contribution in [0.1, 0.15) is 65.8 Å². The Bertz CT molecular complexity index is 1140. The molecule has 0 unspecified atom stereocenters. The van der Waals surface area contributed by atoms with Gasteiger partial charge >= 0.3 is 0 Å². The van der Waals surface area contributed by atoms with Crippen molar-refractivity contribution >= 4 is 23.4 Å². The van der Waals surface area contributed by atoms with E-state index in [-0.39, 0.29) is 24.3 Å². The summed E-state index contributed by atoms with van der Waals surface area (Å²) in [6, 6.07) is 13.0. The quantitative estimate of drug-likeness (QED) is 0.499. The van der Waals surface area contributed by atoms with E-state index < -0.39 is 17.9 Å². The average Bonchev–Trinajstić information content (AvgIpc) is 3.54. The minimum Gasteiger partial charge on any atom is -0.464 e. The van der Waals surface area contributed by atoms with Crippen molar-refractivity contribution in [3.8, 4) is 0 Å². The number of hydrogen-bond acceptors (Lipinski definition) is 5. The Hall–Kier alpha value is -3.81. The molecular weight excluding hydrogens is 446 g/mol. The number of carbonyl (C=O) groups is 3. The molecule has 3 aromatic rings. The number of benzene rings is 1. The monoisotopic (exact) mass is 477 g/mol. The van der Waals surface area contributed by atoms with Gasteiger partial charge in [-0.25, -0.2) is 0 Å². The summed E-state index contributed by atoms with van der Waals surface area (Å²) in [5.41, 5.74) is 1.55. The van der Waals surface area contributed by atoms with Crippen LogP contribution in [-0.2, 0) is 9.59 Å². The van der Waals surface area contributed by atoms with Crippen molar-refractivity contribution in [1.29, 1.82) is 0 Å². The molecule has 0 bridgehead atoms. The second-order valence-corrected chi connectivity index (χ2v) is 8.95. The number of anilines is 1. The number of rotatable bonds is 8. The first-order chi connectivity index (χ1) is 16.9. The first-order valence-electron chi connectivity index (χ1n) is 12.0. The summed E-state index contributed by atoms with van der Waals surface area (Å²) in [6.07, 6.45) is 6.50. The third kappa shape index (κ3) is 6.01. The lowest BCUT2D eigenvalue weighted by atomic mass is 9.95. The standard InChI is InChI=1S/C27H31N3O5/c1-18-10-13-21(14-11-18)30(24(31)17-28-26(32)23-9-6-16-34-23)25(22-15-12-19(2)35-22)27(33)29-20-7-4-3-5-8-20/h6,9-16,20,25H,3-5,7-8,17H2,1-2H3,(H,28,32)(H,29,33)/t25-/m1/s1. The normalized spacial score (nSPS) is 14.8. The maximum atomic E-state index is 13.7. The lowest BCUT2D eigenvalue weighted by molar-refractivity contribution is -0.127. The van der Waals surface area contributed by atoms with Gasteiger partial charge in [0.2, 0.25) is 5.91 Å². The molecule has 2 heterocycles. The van der Waals surface area contributed by atoms with Crippen molar-refractivity contribution in [3.05, 3.63) is 77.6 Å². The molecule has 1 aliphatic rings. The van der Waals surface area contributed by atoms with Crippen LogP contribution in [0.2, 0.25) is 0 Å². The highest BCUT2D eigenvalue weighted by molar-refractivity contribution is 6.04. The topological polar surface area (TPSA) is 105 Å². The molecule has 1 saturated carbocycles. The van der Waals surface area contributed by atoms with Gasteiger partial charge in [0.25, 0.3) is 11.8 Å². The highest BCUT2D eigenvalue weighted by atomic mass is 16.3. The number of nitrogens with zero attached hydrogens (tertiary/aromatic N) is 1. The van der Waals surface area contributed by atoms with E-state index in [1.807, 2.05) is 19.1 Å². The van der Waals surface area contributed by atoms with Gasteiger partial charge in [-0.1, -0.05) is 37.0 Å². The van der Waals surface area contributed by atoms with E-state index in [0.29, 0.717) is 17.2 Å². The van der Waals surface area contributed by atoms with E-state index in [9.17, 15) is 14.4 Å². The molecule has 1 fully saturated rings. The van der Waals surface area contributed by atoms with Gasteiger partial charge in [-0.3, -0.25) is 19.3 Å². The molecule has 8 nitrogen and oxygen atoms in total. The smallest absolute Gasteiger partial charge is 0.287 e. The lowest BCUT2D eigenvalue weighted by Crippen LogP contribution is -2.49. The maximum Gasteiger partial charge on any atom is 0.287 e. The lowest BCUT2D eigenvalue weighted by Gasteiger charge is -2.32. The highest BCUT2D eigenvalue weighted by Gasteiger charge is 2.36. The molecule has 35 heavy (non-hydrogen) atoms. The van der Waals surface area contributed by atoms with Crippen molar-refractivity contribution < 1.29 is 23.2 Å². The summed E-state index contributed by atoms with van der Waals surface area (Å²) in [5.74, 6) is -0.165. The fourth-order valence-electron chi connectivity index (χ4n) is 4.38. The van der Waals surface area contributed by atoms with E-state index in [1.54, 1.807) is 37.3 Å². The van der Waals surface area contributed by atoms with Crippen LogP contribution in [0.4, 0.5) is 5.69 Å². The largest absolute Gasteiger partial charge is 0.464 e. The number of furan rings is 2. The zero-order valence-electron chi connectivity index (χ0n) is 20.1. The van der Waals surface area contributed by atoms with Crippen LogP contribution in [0.15, 0.2) is 63.6 Å². The SMILES string of the molecule is Cc1ccc(N(C(=O)CNC(=O)c2ccco2)[C@@H](C(=O)NC2CCCCC2)c2ccc(C)o2)cc1. The van der Waals surface area contributed by atoms with E-state index in [1.165, 1.54) is 17.2 Å². The fourth-order valence-corrected chi connectivity index (χ4v) is 4.38. The van der Waals surface area contributed by atoms with E-state index in [0.717, 1.165) is 37.7 Å². The van der Waals surface area contributed by atoms with Gasteiger partial charge < -0.3 is 19.5 Å². The third-order valence-electron chi connectivity index (χ3n) is 6.21. The Kier molecular flexibility index (Phi) is 7.70. The summed E-state index contributed by atoms with van der Waals surface area (Å²) in [7, 11) is 0. The van der Waals surface area contributed by atoms with E-state index >= 15 is 0 Å². The molecule has 2 aromatic heterocycles. The minimum atomic E-state index is -1.03. The number of aryl methyl sites for hydroxylation is 2. The maximum absolute atomic E-state index is 13.7. The molecule has 8 heteroatoms. The molecule has 3 amide bonds. The second kappa shape index (κ2) is 11.1. The number of carbonyl (C=O) groups excluding carboxylic acids is 3. The van der Waals surface area contributed by atoms with Gasteiger partial charge in [-0.15, -0.1) is 0 Å². The van der Waals surface area contributed by atoms with Gasteiger partial charge in [0.15, 0.2) is 11.8 Å². The van der Waals surface area contributed by atoms with E-state index in [4.69, 9.17) is 8.83 Å². The Balaban J connectivity index is 1.64. The van der Waals surface area contributed by atoms with Crippen molar-refractivity contribution in [3.63, 3.8) is 0 Å². The predicted molar refractivity (Wildman–Crippen MR) is 131 cm³/mol. The molecule has 0 saturated heterocycles. The Morgan fingerprint density at radius 1 is 1.00 bits per heavy atom. The Labute approximate surface area is 204 Å². The van der Waals surface area contributed by atoms with E-state index in [2.05, 4.69) is 10.6 Å². The van der Waals surface area contributed by atoms with Gasteiger partial charge in [0.1, 0.15) is 11.5 Å². The summed E-state index contributed by atoms with van der Waals surface area (Å²) < 4.78 is 11.0. The third-order valence-corrected chi connectivity index (χ3v) is 6.21. The molecule has 0 radical (unpaired) electrons. The fraction of sp³-hybridized carbons (Fsp3) is 0.370. The van der Waals surface area contributed by atoms with Crippen LogP contribution >= 0.6 is 0 Å². The van der Waals surface area contributed by atoms with Crippen molar-refractivity contribution in [2.45, 2.75) is 58.0 Å². The Morgan fingerprint density at radius 3 is 2.37 bits per heavy atom. The molecule has 2 N–H and O–H groups in total. The van der Waals surface area contributed by atoms with Crippen LogP contribution < -0.4 is 15.5 Å². The number of hydrogen-bond donors (Lipinski definition) is 2. The molecule has 0 spiro atoms.